The smallest absolute Gasteiger partial charge is 0.0967 e. The van der Waals surface area contributed by atoms with Gasteiger partial charge in [-0.2, -0.15) is 0 Å². The Labute approximate surface area is 69.1 Å². The molecule has 0 aliphatic rings. The molecule has 1 heterocycles. The number of hydrogen-bond acceptors (Lipinski definition) is 5. The van der Waals surface area contributed by atoms with E-state index in [0.29, 0.717) is 5.69 Å². The molecular weight excluding hydrogens is 162 g/mol. The van der Waals surface area contributed by atoms with Crippen molar-refractivity contribution in [2.75, 3.05) is 6.61 Å². The average molecular weight is 173 g/mol. The van der Waals surface area contributed by atoms with Crippen molar-refractivity contribution < 1.29 is 15.3 Å². The van der Waals surface area contributed by atoms with Crippen LogP contribution in [0.1, 0.15) is 5.69 Å². The summed E-state index contributed by atoms with van der Waals surface area (Å²) in [6.45, 7) is -0.359. The van der Waals surface area contributed by atoms with Gasteiger partial charge in [0.25, 0.3) is 0 Å². The van der Waals surface area contributed by atoms with Crippen molar-refractivity contribution >= 4 is 0 Å². The first-order valence-electron chi connectivity index (χ1n) is 3.55. The molecule has 1 aromatic heterocycles. The molecule has 0 saturated carbocycles. The molecule has 0 saturated heterocycles. The second kappa shape index (κ2) is 4.15. The van der Waals surface area contributed by atoms with Crippen LogP contribution in [0.15, 0.2) is 6.20 Å². The second-order valence-corrected chi connectivity index (χ2v) is 2.40. The van der Waals surface area contributed by atoms with E-state index in [1.807, 2.05) is 0 Å². The lowest BCUT2D eigenvalue weighted by Crippen LogP contribution is -2.22. The van der Waals surface area contributed by atoms with Crippen LogP contribution < -0.4 is 0 Å². The third-order valence-electron chi connectivity index (χ3n) is 1.45. The van der Waals surface area contributed by atoms with Crippen molar-refractivity contribution in [2.45, 2.75) is 19.3 Å². The molecule has 68 valence electrons. The number of nitrogens with zero attached hydrogens (tertiary/aromatic N) is 3. The van der Waals surface area contributed by atoms with Crippen LogP contribution in [0.4, 0.5) is 0 Å². The van der Waals surface area contributed by atoms with Gasteiger partial charge in [0.15, 0.2) is 0 Å². The number of rotatable bonds is 4. The van der Waals surface area contributed by atoms with E-state index < -0.39 is 6.10 Å². The van der Waals surface area contributed by atoms with Gasteiger partial charge in [-0.25, -0.2) is 4.68 Å². The lowest BCUT2D eigenvalue weighted by atomic mass is 10.3. The largest absolute Gasteiger partial charge is 0.394 e. The van der Waals surface area contributed by atoms with Crippen molar-refractivity contribution in [1.82, 2.24) is 15.0 Å². The lowest BCUT2D eigenvalue weighted by molar-refractivity contribution is 0.0758. The van der Waals surface area contributed by atoms with Crippen LogP contribution in [-0.2, 0) is 13.2 Å². The molecule has 0 spiro atoms. The fraction of sp³-hybridized carbons (Fsp3) is 0.667. The van der Waals surface area contributed by atoms with Gasteiger partial charge in [-0.15, -0.1) is 5.10 Å². The van der Waals surface area contributed by atoms with Gasteiger partial charge in [0.2, 0.25) is 0 Å². The van der Waals surface area contributed by atoms with Crippen LogP contribution >= 0.6 is 0 Å². The molecule has 0 aliphatic heterocycles. The highest BCUT2D eigenvalue weighted by Gasteiger charge is 2.07. The summed E-state index contributed by atoms with van der Waals surface area (Å²) in [5.41, 5.74) is 0.516. The first kappa shape index (κ1) is 9.11. The molecule has 0 aliphatic carbocycles. The quantitative estimate of drug-likeness (QED) is 0.496. The van der Waals surface area contributed by atoms with Crippen LogP contribution in [0.3, 0.4) is 0 Å². The summed E-state index contributed by atoms with van der Waals surface area (Å²) in [7, 11) is 0. The fourth-order valence-corrected chi connectivity index (χ4v) is 0.812. The maximum absolute atomic E-state index is 9.03. The van der Waals surface area contributed by atoms with Gasteiger partial charge in [0, 0.05) is 0 Å². The second-order valence-electron chi connectivity index (χ2n) is 2.40. The van der Waals surface area contributed by atoms with Crippen LogP contribution in [-0.4, -0.2) is 43.0 Å². The monoisotopic (exact) mass is 173 g/mol. The van der Waals surface area contributed by atoms with Crippen LogP contribution in [0.5, 0.6) is 0 Å². The summed E-state index contributed by atoms with van der Waals surface area (Å²) in [5.74, 6) is 0. The Morgan fingerprint density at radius 3 is 2.83 bits per heavy atom. The van der Waals surface area contributed by atoms with Crippen LogP contribution in [0, 0.1) is 0 Å². The molecule has 3 N–H and O–H groups in total. The number of aromatic nitrogens is 3. The minimum absolute atomic E-state index is 0.145. The molecule has 6 heteroatoms. The number of aliphatic hydroxyl groups is 3. The summed E-state index contributed by atoms with van der Waals surface area (Å²) < 4.78 is 1.35. The Balaban J connectivity index is 2.61. The summed E-state index contributed by atoms with van der Waals surface area (Å²) in [6.07, 6.45) is 0.543. The molecule has 12 heavy (non-hydrogen) atoms. The minimum atomic E-state index is -0.864. The zero-order valence-corrected chi connectivity index (χ0v) is 6.46. The van der Waals surface area contributed by atoms with Crippen molar-refractivity contribution in [3.63, 3.8) is 0 Å². The third-order valence-corrected chi connectivity index (χ3v) is 1.45. The fourth-order valence-electron chi connectivity index (χ4n) is 0.812. The molecular formula is C6H11N3O3. The van der Waals surface area contributed by atoms with E-state index in [0.717, 1.165) is 0 Å². The standard InChI is InChI=1S/C6H11N3O3/c10-3-5-1-7-8-9(5)2-6(12)4-11/h1,6,10-12H,2-4H2. The van der Waals surface area contributed by atoms with Gasteiger partial charge in [-0.05, 0) is 0 Å². The van der Waals surface area contributed by atoms with Gasteiger partial charge >= 0.3 is 0 Å². The highest BCUT2D eigenvalue weighted by Crippen LogP contribution is 1.97. The Morgan fingerprint density at radius 2 is 2.25 bits per heavy atom. The highest BCUT2D eigenvalue weighted by atomic mass is 16.3. The molecule has 0 amide bonds. The van der Waals surface area contributed by atoms with Gasteiger partial charge in [0.05, 0.1) is 37.8 Å². The molecule has 6 nitrogen and oxygen atoms in total. The summed E-state index contributed by atoms with van der Waals surface area (Å²) >= 11 is 0. The predicted molar refractivity (Wildman–Crippen MR) is 39.0 cm³/mol. The van der Waals surface area contributed by atoms with E-state index in [-0.39, 0.29) is 19.8 Å². The lowest BCUT2D eigenvalue weighted by Gasteiger charge is -2.07. The first-order valence-corrected chi connectivity index (χ1v) is 3.55. The Kier molecular flexibility index (Phi) is 3.15. The molecule has 0 radical (unpaired) electrons. The van der Waals surface area contributed by atoms with Gasteiger partial charge in [-0.3, -0.25) is 0 Å². The van der Waals surface area contributed by atoms with Crippen molar-refractivity contribution in [2.24, 2.45) is 0 Å². The maximum atomic E-state index is 9.03. The van der Waals surface area contributed by atoms with Gasteiger partial charge in [-0.1, -0.05) is 5.21 Å². The molecule has 0 bridgehead atoms. The summed E-state index contributed by atoms with van der Waals surface area (Å²) in [4.78, 5) is 0. The average Bonchev–Trinajstić information content (AvgIpc) is 2.51. The molecule has 1 unspecified atom stereocenters. The predicted octanol–water partition coefficient (Wildman–Crippen LogP) is -1.88. The van der Waals surface area contributed by atoms with E-state index in [9.17, 15) is 0 Å². The minimum Gasteiger partial charge on any atom is -0.394 e. The Morgan fingerprint density at radius 1 is 1.50 bits per heavy atom. The van der Waals surface area contributed by atoms with E-state index >= 15 is 0 Å². The van der Waals surface area contributed by atoms with Crippen LogP contribution in [0.25, 0.3) is 0 Å². The van der Waals surface area contributed by atoms with E-state index in [1.165, 1.54) is 10.9 Å². The maximum Gasteiger partial charge on any atom is 0.0967 e. The van der Waals surface area contributed by atoms with Crippen LogP contribution in [0.2, 0.25) is 0 Å². The molecule has 1 atom stereocenters. The topological polar surface area (TPSA) is 91.4 Å². The summed E-state index contributed by atoms with van der Waals surface area (Å²) in [5, 5.41) is 33.5. The number of hydrogen-bond donors (Lipinski definition) is 3. The van der Waals surface area contributed by atoms with Gasteiger partial charge in [0.1, 0.15) is 0 Å². The van der Waals surface area contributed by atoms with Crippen molar-refractivity contribution in [3.8, 4) is 0 Å². The first-order chi connectivity index (χ1) is 5.77. The Bertz CT molecular complexity index is 238. The molecule has 1 rings (SSSR count). The third kappa shape index (κ3) is 2.00. The van der Waals surface area contributed by atoms with Gasteiger partial charge < -0.3 is 15.3 Å². The molecule has 0 aromatic carbocycles. The van der Waals surface area contributed by atoms with E-state index in [4.69, 9.17) is 15.3 Å². The zero-order valence-electron chi connectivity index (χ0n) is 6.46. The molecule has 0 fully saturated rings. The zero-order chi connectivity index (χ0) is 8.97. The van der Waals surface area contributed by atoms with Crippen molar-refractivity contribution in [1.29, 1.82) is 0 Å². The Hall–Kier alpha value is -0.980. The van der Waals surface area contributed by atoms with Crippen molar-refractivity contribution in [3.05, 3.63) is 11.9 Å². The number of aliphatic hydroxyl groups excluding tert-OH is 3. The van der Waals surface area contributed by atoms with E-state index in [2.05, 4.69) is 10.3 Å². The summed E-state index contributed by atoms with van der Waals surface area (Å²) in [6, 6.07) is 0. The molecule has 1 aromatic rings. The van der Waals surface area contributed by atoms with E-state index in [1.54, 1.807) is 0 Å². The highest BCUT2D eigenvalue weighted by molar-refractivity contribution is 4.91. The SMILES string of the molecule is OCc1cnnn1CC(O)CO. The normalized spacial score (nSPS) is 13.2.